The SMILES string of the molecule is COc1ccc(NC(=O)[C@H](C)Oc2ccc(Br)cc2F)c([N+](=O)[O-])c1. The smallest absolute Gasteiger partial charge is 0.296 e. The summed E-state index contributed by atoms with van der Waals surface area (Å²) in [5, 5.41) is 13.5. The standard InChI is InChI=1S/C16H14BrFN2O5/c1-9(25-15-6-3-10(17)7-12(15)18)16(21)19-13-5-4-11(24-2)8-14(13)20(22)23/h3-9H,1-2H3,(H,19,21)/t9-/m0/s1. The molecular weight excluding hydrogens is 399 g/mol. The van der Waals surface area contributed by atoms with E-state index < -0.39 is 22.8 Å². The Hall–Kier alpha value is -2.68. The lowest BCUT2D eigenvalue weighted by Crippen LogP contribution is -2.30. The number of carbonyl (C=O) groups excluding carboxylic acids is 1. The van der Waals surface area contributed by atoms with Crippen molar-refractivity contribution >= 4 is 33.2 Å². The first-order valence-electron chi connectivity index (χ1n) is 7.07. The molecule has 0 aliphatic heterocycles. The monoisotopic (exact) mass is 412 g/mol. The second-order valence-corrected chi connectivity index (χ2v) is 5.88. The van der Waals surface area contributed by atoms with Gasteiger partial charge in [0.15, 0.2) is 17.7 Å². The van der Waals surface area contributed by atoms with Crippen molar-refractivity contribution in [3.05, 3.63) is 56.8 Å². The van der Waals surface area contributed by atoms with Gasteiger partial charge in [0.2, 0.25) is 0 Å². The highest BCUT2D eigenvalue weighted by molar-refractivity contribution is 9.10. The van der Waals surface area contributed by atoms with Gasteiger partial charge < -0.3 is 14.8 Å². The van der Waals surface area contributed by atoms with Crippen molar-refractivity contribution < 1.29 is 23.6 Å². The average molecular weight is 413 g/mol. The lowest BCUT2D eigenvalue weighted by atomic mass is 10.2. The Morgan fingerprint density at radius 1 is 1.32 bits per heavy atom. The van der Waals surface area contributed by atoms with Crippen molar-refractivity contribution in [3.63, 3.8) is 0 Å². The molecule has 2 aromatic carbocycles. The van der Waals surface area contributed by atoms with Crippen LogP contribution >= 0.6 is 15.9 Å². The largest absolute Gasteiger partial charge is 0.496 e. The van der Waals surface area contributed by atoms with Gasteiger partial charge in [0.25, 0.3) is 11.6 Å². The third-order valence-electron chi connectivity index (χ3n) is 3.23. The van der Waals surface area contributed by atoms with E-state index in [4.69, 9.17) is 9.47 Å². The van der Waals surface area contributed by atoms with Crippen LogP contribution in [-0.4, -0.2) is 24.0 Å². The number of carbonyl (C=O) groups is 1. The van der Waals surface area contributed by atoms with E-state index in [1.165, 1.54) is 44.4 Å². The minimum absolute atomic E-state index is 0.0115. The van der Waals surface area contributed by atoms with Crippen LogP contribution in [-0.2, 0) is 4.79 Å². The molecule has 0 aliphatic carbocycles. The molecule has 0 saturated carbocycles. The lowest BCUT2D eigenvalue weighted by Gasteiger charge is -2.15. The van der Waals surface area contributed by atoms with Gasteiger partial charge in [-0.3, -0.25) is 14.9 Å². The molecule has 0 aliphatic rings. The highest BCUT2D eigenvalue weighted by Crippen LogP contribution is 2.29. The van der Waals surface area contributed by atoms with Crippen LogP contribution in [0.4, 0.5) is 15.8 Å². The molecule has 25 heavy (non-hydrogen) atoms. The maximum atomic E-state index is 13.8. The molecule has 7 nitrogen and oxygen atoms in total. The summed E-state index contributed by atoms with van der Waals surface area (Å²) in [6.45, 7) is 1.41. The first kappa shape index (κ1) is 18.7. The molecule has 0 unspecified atom stereocenters. The van der Waals surface area contributed by atoms with Gasteiger partial charge in [-0.2, -0.15) is 0 Å². The molecule has 0 heterocycles. The Labute approximate surface area is 151 Å². The number of rotatable bonds is 6. The van der Waals surface area contributed by atoms with E-state index in [9.17, 15) is 19.3 Å². The van der Waals surface area contributed by atoms with Crippen molar-refractivity contribution in [1.29, 1.82) is 0 Å². The van der Waals surface area contributed by atoms with E-state index in [1.807, 2.05) is 0 Å². The lowest BCUT2D eigenvalue weighted by molar-refractivity contribution is -0.384. The molecule has 9 heteroatoms. The van der Waals surface area contributed by atoms with E-state index >= 15 is 0 Å². The number of hydrogen-bond donors (Lipinski definition) is 1. The predicted molar refractivity (Wildman–Crippen MR) is 92.5 cm³/mol. The van der Waals surface area contributed by atoms with Crippen LogP contribution in [0.2, 0.25) is 0 Å². The van der Waals surface area contributed by atoms with Crippen molar-refractivity contribution in [2.45, 2.75) is 13.0 Å². The number of ether oxygens (including phenoxy) is 2. The van der Waals surface area contributed by atoms with Gasteiger partial charge >= 0.3 is 0 Å². The van der Waals surface area contributed by atoms with Gasteiger partial charge in [-0.05, 0) is 37.3 Å². The Morgan fingerprint density at radius 2 is 2.04 bits per heavy atom. The minimum Gasteiger partial charge on any atom is -0.496 e. The van der Waals surface area contributed by atoms with E-state index in [0.29, 0.717) is 4.47 Å². The quantitative estimate of drug-likeness (QED) is 0.573. The van der Waals surface area contributed by atoms with Crippen LogP contribution in [0.5, 0.6) is 11.5 Å². The van der Waals surface area contributed by atoms with E-state index in [-0.39, 0.29) is 22.9 Å². The number of halogens is 2. The molecule has 0 aromatic heterocycles. The Morgan fingerprint density at radius 3 is 2.64 bits per heavy atom. The van der Waals surface area contributed by atoms with Gasteiger partial charge in [0.1, 0.15) is 11.4 Å². The van der Waals surface area contributed by atoms with Crippen molar-refractivity contribution in [2.24, 2.45) is 0 Å². The third kappa shape index (κ3) is 4.66. The maximum Gasteiger partial charge on any atom is 0.296 e. The highest BCUT2D eigenvalue weighted by atomic mass is 79.9. The predicted octanol–water partition coefficient (Wildman–Crippen LogP) is 3.91. The van der Waals surface area contributed by atoms with E-state index in [2.05, 4.69) is 21.2 Å². The van der Waals surface area contributed by atoms with Crippen LogP contribution in [0.15, 0.2) is 40.9 Å². The van der Waals surface area contributed by atoms with Crippen LogP contribution in [0.25, 0.3) is 0 Å². The molecule has 0 saturated heterocycles. The molecule has 132 valence electrons. The maximum absolute atomic E-state index is 13.8. The number of anilines is 1. The second-order valence-electron chi connectivity index (χ2n) is 4.96. The summed E-state index contributed by atoms with van der Waals surface area (Å²) in [4.78, 5) is 22.7. The summed E-state index contributed by atoms with van der Waals surface area (Å²) in [5.74, 6) is -1.11. The fraction of sp³-hybridized carbons (Fsp3) is 0.188. The molecule has 0 radical (unpaired) electrons. The minimum atomic E-state index is -1.07. The zero-order chi connectivity index (χ0) is 18.6. The number of nitrogens with one attached hydrogen (secondary N) is 1. The van der Waals surface area contributed by atoms with Crippen LogP contribution < -0.4 is 14.8 Å². The van der Waals surface area contributed by atoms with Gasteiger partial charge in [0.05, 0.1) is 18.1 Å². The molecule has 1 N–H and O–H groups in total. The highest BCUT2D eigenvalue weighted by Gasteiger charge is 2.22. The normalized spacial score (nSPS) is 11.5. The van der Waals surface area contributed by atoms with E-state index in [1.54, 1.807) is 6.07 Å². The van der Waals surface area contributed by atoms with Crippen molar-refractivity contribution in [3.8, 4) is 11.5 Å². The molecule has 0 bridgehead atoms. The molecule has 0 fully saturated rings. The van der Waals surface area contributed by atoms with Gasteiger partial charge in [0, 0.05) is 4.47 Å². The fourth-order valence-electron chi connectivity index (χ4n) is 1.94. The number of nitrogens with zero attached hydrogens (tertiary/aromatic N) is 1. The zero-order valence-corrected chi connectivity index (χ0v) is 14.9. The Kier molecular flexibility index (Phi) is 5.92. The molecular formula is C16H14BrFN2O5. The average Bonchev–Trinajstić information content (AvgIpc) is 2.57. The molecule has 2 aromatic rings. The summed E-state index contributed by atoms with van der Waals surface area (Å²) in [6, 6.07) is 8.16. The van der Waals surface area contributed by atoms with Gasteiger partial charge in [-0.15, -0.1) is 0 Å². The number of hydrogen-bond acceptors (Lipinski definition) is 5. The third-order valence-corrected chi connectivity index (χ3v) is 3.72. The molecule has 1 amide bonds. The van der Waals surface area contributed by atoms with Crippen LogP contribution in [0.1, 0.15) is 6.92 Å². The zero-order valence-electron chi connectivity index (χ0n) is 13.3. The number of nitro benzene ring substituents is 1. The van der Waals surface area contributed by atoms with Crippen LogP contribution in [0, 0.1) is 15.9 Å². The van der Waals surface area contributed by atoms with Crippen molar-refractivity contribution in [1.82, 2.24) is 0 Å². The van der Waals surface area contributed by atoms with Crippen LogP contribution in [0.3, 0.4) is 0 Å². The number of methoxy groups -OCH3 is 1. The fourth-order valence-corrected chi connectivity index (χ4v) is 2.28. The molecule has 2 rings (SSSR count). The number of benzene rings is 2. The summed E-state index contributed by atoms with van der Waals surface area (Å²) in [5.41, 5.74) is -0.336. The van der Waals surface area contributed by atoms with Crippen molar-refractivity contribution in [2.75, 3.05) is 12.4 Å². The first-order valence-corrected chi connectivity index (χ1v) is 7.86. The van der Waals surface area contributed by atoms with Gasteiger partial charge in [-0.1, -0.05) is 15.9 Å². The molecule has 0 spiro atoms. The second kappa shape index (κ2) is 7.93. The van der Waals surface area contributed by atoms with Gasteiger partial charge in [-0.25, -0.2) is 4.39 Å². The number of amides is 1. The first-order chi connectivity index (χ1) is 11.8. The Bertz CT molecular complexity index is 815. The summed E-state index contributed by atoms with van der Waals surface area (Å²) >= 11 is 3.12. The summed E-state index contributed by atoms with van der Waals surface area (Å²) < 4.78 is 24.5. The summed E-state index contributed by atoms with van der Waals surface area (Å²) in [7, 11) is 1.37. The topological polar surface area (TPSA) is 90.7 Å². The Balaban J connectivity index is 2.14. The van der Waals surface area contributed by atoms with E-state index in [0.717, 1.165) is 0 Å². The molecule has 1 atom stereocenters. The summed E-state index contributed by atoms with van der Waals surface area (Å²) in [6.07, 6.45) is -1.07. The number of nitro groups is 1.